The summed E-state index contributed by atoms with van der Waals surface area (Å²) < 4.78 is 9.09. The summed E-state index contributed by atoms with van der Waals surface area (Å²) >= 11 is 0. The first-order chi connectivity index (χ1) is 14.7. The lowest BCUT2D eigenvalue weighted by Crippen LogP contribution is -2.31. The predicted molar refractivity (Wildman–Crippen MR) is 112 cm³/mol. The highest BCUT2D eigenvalue weighted by molar-refractivity contribution is 5.86. The van der Waals surface area contributed by atoms with Crippen molar-refractivity contribution in [2.24, 2.45) is 0 Å². The van der Waals surface area contributed by atoms with Gasteiger partial charge in [0.15, 0.2) is 11.5 Å². The highest BCUT2D eigenvalue weighted by Gasteiger charge is 2.23. The van der Waals surface area contributed by atoms with Crippen LogP contribution in [0.15, 0.2) is 36.8 Å². The van der Waals surface area contributed by atoms with Crippen LogP contribution in [-0.4, -0.2) is 59.7 Å². The van der Waals surface area contributed by atoms with Crippen LogP contribution in [0.4, 0.5) is 11.8 Å². The molecule has 4 N–H and O–H groups in total. The fourth-order valence-electron chi connectivity index (χ4n) is 4.06. The standard InChI is InChI=1S/C20H24N8O2/c21-19-18-15(16-7-10-27-17(24-16)5-8-22-27)6-9-28(18)26-20(25-19)23-13-1-3-14(4-2-13)30-12-11-29/h5-10,13-14,29H,1-4,11-12H2,(H3,21,23,25,26). The van der Waals surface area contributed by atoms with E-state index in [0.29, 0.717) is 18.4 Å². The number of nitrogens with zero attached hydrogens (tertiary/aromatic N) is 6. The molecular formula is C20H24N8O2. The number of fused-ring (bicyclic) bond motifs is 2. The molecule has 156 valence electrons. The van der Waals surface area contributed by atoms with Gasteiger partial charge in [0.25, 0.3) is 0 Å². The fraction of sp³-hybridized carbons (Fsp3) is 0.400. The monoisotopic (exact) mass is 408 g/mol. The molecule has 1 saturated carbocycles. The number of rotatable bonds is 6. The van der Waals surface area contributed by atoms with E-state index in [2.05, 4.69) is 25.5 Å². The Balaban J connectivity index is 1.35. The molecule has 0 atom stereocenters. The quantitative estimate of drug-likeness (QED) is 0.440. The second-order valence-corrected chi connectivity index (χ2v) is 7.50. The van der Waals surface area contributed by atoms with Gasteiger partial charge in [-0.3, -0.25) is 0 Å². The molecule has 1 aliphatic carbocycles. The third-order valence-corrected chi connectivity index (χ3v) is 5.52. The minimum atomic E-state index is 0.0655. The third-order valence-electron chi connectivity index (χ3n) is 5.52. The van der Waals surface area contributed by atoms with E-state index in [9.17, 15) is 0 Å². The van der Waals surface area contributed by atoms with Crippen LogP contribution >= 0.6 is 0 Å². The zero-order valence-electron chi connectivity index (χ0n) is 16.5. The summed E-state index contributed by atoms with van der Waals surface area (Å²) in [5.41, 5.74) is 9.49. The van der Waals surface area contributed by atoms with E-state index >= 15 is 0 Å². The molecule has 4 heterocycles. The Morgan fingerprint density at radius 3 is 2.77 bits per heavy atom. The average molecular weight is 408 g/mol. The molecular weight excluding hydrogens is 384 g/mol. The van der Waals surface area contributed by atoms with Crippen LogP contribution in [-0.2, 0) is 4.74 Å². The summed E-state index contributed by atoms with van der Waals surface area (Å²) in [6, 6.07) is 5.98. The summed E-state index contributed by atoms with van der Waals surface area (Å²) in [5.74, 6) is 0.920. The first-order valence-electron chi connectivity index (χ1n) is 10.2. The van der Waals surface area contributed by atoms with Gasteiger partial charge in [-0.2, -0.15) is 10.1 Å². The first-order valence-corrected chi connectivity index (χ1v) is 10.2. The Hall–Kier alpha value is -3.24. The van der Waals surface area contributed by atoms with Gasteiger partial charge in [-0.1, -0.05) is 0 Å². The van der Waals surface area contributed by atoms with E-state index in [4.69, 9.17) is 15.6 Å². The van der Waals surface area contributed by atoms with Crippen LogP contribution in [0.2, 0.25) is 0 Å². The second-order valence-electron chi connectivity index (χ2n) is 7.50. The molecule has 10 heteroatoms. The Morgan fingerprint density at radius 1 is 1.10 bits per heavy atom. The summed E-state index contributed by atoms with van der Waals surface area (Å²) in [5, 5.41) is 21.1. The van der Waals surface area contributed by atoms with Gasteiger partial charge in [0.05, 0.1) is 31.2 Å². The van der Waals surface area contributed by atoms with Crippen molar-refractivity contribution in [3.8, 4) is 11.3 Å². The van der Waals surface area contributed by atoms with Crippen LogP contribution in [0.25, 0.3) is 22.4 Å². The molecule has 0 radical (unpaired) electrons. The minimum absolute atomic E-state index is 0.0655. The van der Waals surface area contributed by atoms with Crippen molar-refractivity contribution in [2.45, 2.75) is 37.8 Å². The van der Waals surface area contributed by atoms with Gasteiger partial charge in [0.1, 0.15) is 5.52 Å². The van der Waals surface area contributed by atoms with E-state index in [1.165, 1.54) is 0 Å². The Labute approximate surface area is 172 Å². The molecule has 0 aliphatic heterocycles. The van der Waals surface area contributed by atoms with Gasteiger partial charge < -0.3 is 20.9 Å². The second kappa shape index (κ2) is 7.88. The summed E-state index contributed by atoms with van der Waals surface area (Å²) in [6.07, 6.45) is 9.50. The normalized spacial score (nSPS) is 19.5. The fourth-order valence-corrected chi connectivity index (χ4v) is 4.06. The van der Waals surface area contributed by atoms with Crippen LogP contribution in [0.3, 0.4) is 0 Å². The Morgan fingerprint density at radius 2 is 1.93 bits per heavy atom. The van der Waals surface area contributed by atoms with Crippen LogP contribution in [0.1, 0.15) is 25.7 Å². The van der Waals surface area contributed by atoms with Gasteiger partial charge in [0.2, 0.25) is 5.95 Å². The zero-order valence-corrected chi connectivity index (χ0v) is 16.5. The maximum absolute atomic E-state index is 8.89. The van der Waals surface area contributed by atoms with Gasteiger partial charge in [-0.25, -0.2) is 14.0 Å². The lowest BCUT2D eigenvalue weighted by molar-refractivity contribution is 0.00719. The number of aromatic nitrogens is 6. The molecule has 0 spiro atoms. The average Bonchev–Trinajstić information content (AvgIpc) is 3.39. The SMILES string of the molecule is Nc1nc(NC2CCC(OCCO)CC2)nn2ccc(-c3ccn4nccc4n3)c12. The van der Waals surface area contributed by atoms with Gasteiger partial charge >= 0.3 is 0 Å². The smallest absolute Gasteiger partial charge is 0.243 e. The maximum Gasteiger partial charge on any atom is 0.243 e. The van der Waals surface area contributed by atoms with Crippen LogP contribution in [0.5, 0.6) is 0 Å². The zero-order chi connectivity index (χ0) is 20.5. The first kappa shape index (κ1) is 18.8. The number of nitrogen functional groups attached to an aromatic ring is 1. The summed E-state index contributed by atoms with van der Waals surface area (Å²) in [6.45, 7) is 0.466. The number of nitrogens with one attached hydrogen (secondary N) is 1. The number of hydrogen-bond donors (Lipinski definition) is 3. The molecule has 0 saturated heterocycles. The van der Waals surface area contributed by atoms with E-state index in [-0.39, 0.29) is 18.8 Å². The van der Waals surface area contributed by atoms with Crippen molar-refractivity contribution in [2.75, 3.05) is 24.3 Å². The van der Waals surface area contributed by atoms with Crippen LogP contribution < -0.4 is 11.1 Å². The predicted octanol–water partition coefficient (Wildman–Crippen LogP) is 1.75. The highest BCUT2D eigenvalue weighted by atomic mass is 16.5. The van der Waals surface area contributed by atoms with Crippen molar-refractivity contribution in [3.05, 3.63) is 36.8 Å². The number of nitrogens with two attached hydrogens (primary N) is 1. The van der Waals surface area contributed by atoms with E-state index < -0.39 is 0 Å². The number of aliphatic hydroxyl groups is 1. The van der Waals surface area contributed by atoms with Gasteiger partial charge in [-0.15, -0.1) is 5.10 Å². The maximum atomic E-state index is 8.89. The molecule has 10 nitrogen and oxygen atoms in total. The molecule has 4 aromatic heterocycles. The van der Waals surface area contributed by atoms with Crippen molar-refractivity contribution in [3.63, 3.8) is 0 Å². The summed E-state index contributed by atoms with van der Waals surface area (Å²) in [7, 11) is 0. The molecule has 0 unspecified atom stereocenters. The van der Waals surface area contributed by atoms with Crippen LogP contribution in [0, 0.1) is 0 Å². The molecule has 1 aliphatic rings. The topological polar surface area (TPSA) is 128 Å². The highest BCUT2D eigenvalue weighted by Crippen LogP contribution is 2.29. The molecule has 0 aromatic carbocycles. The molecule has 30 heavy (non-hydrogen) atoms. The molecule has 1 fully saturated rings. The Kier molecular flexibility index (Phi) is 4.93. The van der Waals surface area contributed by atoms with Crippen molar-refractivity contribution in [1.29, 1.82) is 0 Å². The third kappa shape index (κ3) is 3.55. The lowest BCUT2D eigenvalue weighted by Gasteiger charge is -2.29. The number of hydrogen-bond acceptors (Lipinski definition) is 8. The number of anilines is 2. The Bertz CT molecular complexity index is 1160. The van der Waals surface area contributed by atoms with Crippen molar-refractivity contribution < 1.29 is 9.84 Å². The molecule has 0 amide bonds. The van der Waals surface area contributed by atoms with Gasteiger partial charge in [0, 0.05) is 30.1 Å². The lowest BCUT2D eigenvalue weighted by atomic mass is 9.93. The molecule has 4 aromatic rings. The molecule has 0 bridgehead atoms. The van der Waals surface area contributed by atoms with E-state index in [1.54, 1.807) is 15.2 Å². The number of aliphatic hydroxyl groups excluding tert-OH is 1. The van der Waals surface area contributed by atoms with Crippen molar-refractivity contribution in [1.82, 2.24) is 29.2 Å². The van der Waals surface area contributed by atoms with E-state index in [0.717, 1.165) is 48.1 Å². The van der Waals surface area contributed by atoms with Crippen molar-refractivity contribution >= 4 is 22.9 Å². The number of ether oxygens (including phenoxy) is 1. The molecule has 5 rings (SSSR count). The minimum Gasteiger partial charge on any atom is -0.394 e. The largest absolute Gasteiger partial charge is 0.394 e. The summed E-state index contributed by atoms with van der Waals surface area (Å²) in [4.78, 5) is 9.15. The van der Waals surface area contributed by atoms with E-state index in [1.807, 2.05) is 30.6 Å². The van der Waals surface area contributed by atoms with Gasteiger partial charge in [-0.05, 0) is 37.8 Å².